The average molecular weight is 339 g/mol. The summed E-state index contributed by atoms with van der Waals surface area (Å²) in [5.74, 6) is -1.58. The van der Waals surface area contributed by atoms with E-state index in [1.807, 2.05) is 0 Å². The van der Waals surface area contributed by atoms with Crippen LogP contribution >= 0.6 is 0 Å². The standard InChI is InChI=1S/C18H14FN3O3/c1-10-15(8-11-5-6-13(19)9-16(11)20-10)18(25)22-21-17(24)12-3-2-4-14(23)7-12/h2-9,23H,1H3,(H,21,24)(H,22,25). The van der Waals surface area contributed by atoms with Gasteiger partial charge in [-0.05, 0) is 43.3 Å². The molecule has 0 radical (unpaired) electrons. The van der Waals surface area contributed by atoms with Gasteiger partial charge in [-0.15, -0.1) is 0 Å². The van der Waals surface area contributed by atoms with E-state index in [1.54, 1.807) is 13.0 Å². The number of rotatable bonds is 2. The number of nitrogens with zero attached hydrogens (tertiary/aromatic N) is 1. The average Bonchev–Trinajstić information content (AvgIpc) is 2.58. The van der Waals surface area contributed by atoms with Gasteiger partial charge in [0.1, 0.15) is 11.6 Å². The van der Waals surface area contributed by atoms with Crippen molar-refractivity contribution in [1.82, 2.24) is 15.8 Å². The highest BCUT2D eigenvalue weighted by Crippen LogP contribution is 2.17. The molecule has 2 amide bonds. The van der Waals surface area contributed by atoms with E-state index in [-0.39, 0.29) is 16.9 Å². The lowest BCUT2D eigenvalue weighted by molar-refractivity contribution is 0.0846. The van der Waals surface area contributed by atoms with Crippen LogP contribution in [0.1, 0.15) is 26.4 Å². The van der Waals surface area contributed by atoms with Gasteiger partial charge in [0.15, 0.2) is 0 Å². The zero-order valence-corrected chi connectivity index (χ0v) is 13.2. The Bertz CT molecular complexity index is 988. The van der Waals surface area contributed by atoms with Gasteiger partial charge in [-0.1, -0.05) is 6.07 Å². The topological polar surface area (TPSA) is 91.3 Å². The van der Waals surface area contributed by atoms with Gasteiger partial charge < -0.3 is 5.11 Å². The predicted octanol–water partition coefficient (Wildman–Crippen LogP) is 2.46. The van der Waals surface area contributed by atoms with Crippen molar-refractivity contribution >= 4 is 22.7 Å². The number of benzene rings is 2. The molecule has 0 aliphatic heterocycles. The third-order valence-electron chi connectivity index (χ3n) is 3.61. The Morgan fingerprint density at radius 2 is 1.80 bits per heavy atom. The van der Waals surface area contributed by atoms with Crippen molar-refractivity contribution in [3.8, 4) is 5.75 Å². The number of carbonyl (C=O) groups is 2. The summed E-state index contributed by atoms with van der Waals surface area (Å²) in [6.07, 6.45) is 0. The van der Waals surface area contributed by atoms with Crippen LogP contribution in [-0.2, 0) is 0 Å². The Labute approximate surface area is 142 Å². The van der Waals surface area contributed by atoms with Crippen LogP contribution in [0.5, 0.6) is 5.75 Å². The third-order valence-corrected chi connectivity index (χ3v) is 3.61. The number of pyridine rings is 1. The van der Waals surface area contributed by atoms with Gasteiger partial charge in [0, 0.05) is 17.0 Å². The van der Waals surface area contributed by atoms with Crippen molar-refractivity contribution in [2.75, 3.05) is 0 Å². The highest BCUT2D eigenvalue weighted by Gasteiger charge is 2.14. The molecule has 2 aromatic carbocycles. The summed E-state index contributed by atoms with van der Waals surface area (Å²) in [6, 6.07) is 11.4. The quantitative estimate of drug-likeness (QED) is 0.626. The lowest BCUT2D eigenvalue weighted by Gasteiger charge is -2.10. The number of aryl methyl sites for hydroxylation is 1. The normalized spacial score (nSPS) is 10.5. The minimum atomic E-state index is -0.572. The van der Waals surface area contributed by atoms with Crippen molar-refractivity contribution < 1.29 is 19.1 Å². The van der Waals surface area contributed by atoms with E-state index in [1.165, 1.54) is 42.5 Å². The monoisotopic (exact) mass is 339 g/mol. The summed E-state index contributed by atoms with van der Waals surface area (Å²) in [7, 11) is 0. The van der Waals surface area contributed by atoms with E-state index in [2.05, 4.69) is 15.8 Å². The van der Waals surface area contributed by atoms with E-state index in [0.29, 0.717) is 16.6 Å². The molecule has 0 unspecified atom stereocenters. The summed E-state index contributed by atoms with van der Waals surface area (Å²) in [5, 5.41) is 9.98. The largest absolute Gasteiger partial charge is 0.508 e. The summed E-state index contributed by atoms with van der Waals surface area (Å²) in [5.41, 5.74) is 5.88. The molecule has 7 heteroatoms. The number of phenols is 1. The van der Waals surface area contributed by atoms with Gasteiger partial charge in [0.2, 0.25) is 0 Å². The molecule has 0 bridgehead atoms. The minimum Gasteiger partial charge on any atom is -0.508 e. The van der Waals surface area contributed by atoms with Crippen molar-refractivity contribution in [1.29, 1.82) is 0 Å². The maximum atomic E-state index is 13.2. The Morgan fingerprint density at radius 3 is 2.56 bits per heavy atom. The number of amides is 2. The first kappa shape index (κ1) is 16.4. The molecule has 0 saturated heterocycles. The molecule has 0 atom stereocenters. The number of hydrogen-bond acceptors (Lipinski definition) is 4. The van der Waals surface area contributed by atoms with E-state index >= 15 is 0 Å². The van der Waals surface area contributed by atoms with Crippen molar-refractivity contribution in [2.45, 2.75) is 6.92 Å². The lowest BCUT2D eigenvalue weighted by atomic mass is 10.1. The zero-order chi connectivity index (χ0) is 18.0. The van der Waals surface area contributed by atoms with Gasteiger partial charge in [-0.2, -0.15) is 0 Å². The van der Waals surface area contributed by atoms with E-state index in [9.17, 15) is 19.1 Å². The van der Waals surface area contributed by atoms with Crippen LogP contribution in [0.3, 0.4) is 0 Å². The molecular weight excluding hydrogens is 325 g/mol. The smallest absolute Gasteiger partial charge is 0.271 e. The number of carbonyl (C=O) groups excluding carboxylic acids is 2. The first-order chi connectivity index (χ1) is 11.9. The zero-order valence-electron chi connectivity index (χ0n) is 13.2. The van der Waals surface area contributed by atoms with Crippen LogP contribution in [0.2, 0.25) is 0 Å². The van der Waals surface area contributed by atoms with E-state index < -0.39 is 17.6 Å². The highest BCUT2D eigenvalue weighted by atomic mass is 19.1. The molecule has 0 saturated carbocycles. The fourth-order valence-corrected chi connectivity index (χ4v) is 2.37. The Morgan fingerprint density at radius 1 is 1.04 bits per heavy atom. The molecule has 0 fully saturated rings. The van der Waals surface area contributed by atoms with Crippen LogP contribution in [0.25, 0.3) is 10.9 Å². The number of aromatic hydroxyl groups is 1. The third kappa shape index (κ3) is 3.55. The summed E-state index contributed by atoms with van der Waals surface area (Å²) >= 11 is 0. The van der Waals surface area contributed by atoms with Crippen molar-refractivity contribution in [3.05, 3.63) is 71.2 Å². The molecule has 1 aromatic heterocycles. The Kier molecular flexibility index (Phi) is 4.30. The molecule has 126 valence electrons. The van der Waals surface area contributed by atoms with Crippen LogP contribution in [0.4, 0.5) is 4.39 Å². The minimum absolute atomic E-state index is 0.0548. The van der Waals surface area contributed by atoms with Gasteiger partial charge in [0.05, 0.1) is 16.8 Å². The first-order valence-corrected chi connectivity index (χ1v) is 7.40. The number of halogens is 1. The molecule has 3 aromatic rings. The molecule has 1 heterocycles. The number of aromatic nitrogens is 1. The number of nitrogens with one attached hydrogen (secondary N) is 2. The molecule has 3 N–H and O–H groups in total. The second-order valence-electron chi connectivity index (χ2n) is 5.42. The fraction of sp³-hybridized carbons (Fsp3) is 0.0556. The molecule has 0 spiro atoms. The van der Waals surface area contributed by atoms with E-state index in [4.69, 9.17) is 0 Å². The molecule has 3 rings (SSSR count). The van der Waals surface area contributed by atoms with E-state index in [0.717, 1.165) is 0 Å². The summed E-state index contributed by atoms with van der Waals surface area (Å²) < 4.78 is 13.2. The highest BCUT2D eigenvalue weighted by molar-refractivity contribution is 6.01. The maximum Gasteiger partial charge on any atom is 0.271 e. The number of fused-ring (bicyclic) bond motifs is 1. The Hall–Kier alpha value is -3.48. The molecule has 25 heavy (non-hydrogen) atoms. The van der Waals surface area contributed by atoms with Crippen LogP contribution < -0.4 is 10.9 Å². The molecular formula is C18H14FN3O3. The van der Waals surface area contributed by atoms with Crippen molar-refractivity contribution in [3.63, 3.8) is 0 Å². The number of hydrogen-bond donors (Lipinski definition) is 3. The lowest BCUT2D eigenvalue weighted by Crippen LogP contribution is -2.41. The van der Waals surface area contributed by atoms with Crippen LogP contribution in [-0.4, -0.2) is 21.9 Å². The maximum absolute atomic E-state index is 13.2. The van der Waals surface area contributed by atoms with Gasteiger partial charge in [0.25, 0.3) is 11.8 Å². The van der Waals surface area contributed by atoms with Crippen LogP contribution in [0, 0.1) is 12.7 Å². The van der Waals surface area contributed by atoms with Gasteiger partial charge in [-0.25, -0.2) is 4.39 Å². The van der Waals surface area contributed by atoms with Gasteiger partial charge >= 0.3 is 0 Å². The number of phenolic OH excluding ortho intramolecular Hbond substituents is 1. The fourth-order valence-electron chi connectivity index (χ4n) is 2.37. The second kappa shape index (κ2) is 6.56. The predicted molar refractivity (Wildman–Crippen MR) is 89.5 cm³/mol. The first-order valence-electron chi connectivity index (χ1n) is 7.40. The number of hydrazine groups is 1. The molecule has 6 nitrogen and oxygen atoms in total. The molecule has 0 aliphatic carbocycles. The molecule has 0 aliphatic rings. The van der Waals surface area contributed by atoms with Crippen molar-refractivity contribution in [2.24, 2.45) is 0 Å². The van der Waals surface area contributed by atoms with Gasteiger partial charge in [-0.3, -0.25) is 25.4 Å². The summed E-state index contributed by atoms with van der Waals surface area (Å²) in [6.45, 7) is 1.62. The Balaban J connectivity index is 1.77. The SMILES string of the molecule is Cc1nc2cc(F)ccc2cc1C(=O)NNC(=O)c1cccc(O)c1. The second-order valence-corrected chi connectivity index (χ2v) is 5.42. The summed E-state index contributed by atoms with van der Waals surface area (Å²) in [4.78, 5) is 28.5. The van der Waals surface area contributed by atoms with Crippen LogP contribution in [0.15, 0.2) is 48.5 Å².